The van der Waals surface area contributed by atoms with Gasteiger partial charge in [-0.15, -0.1) is 0 Å². The third-order valence-corrected chi connectivity index (χ3v) is 3.21. The number of anilines is 1. The van der Waals surface area contributed by atoms with Gasteiger partial charge >= 0.3 is 0 Å². The van der Waals surface area contributed by atoms with E-state index in [0.717, 1.165) is 0 Å². The summed E-state index contributed by atoms with van der Waals surface area (Å²) in [6.45, 7) is -0.444. The van der Waals surface area contributed by atoms with E-state index >= 15 is 0 Å². The molecule has 0 bridgehead atoms. The Bertz CT molecular complexity index is 697. The molecule has 1 aliphatic rings. The summed E-state index contributed by atoms with van der Waals surface area (Å²) in [6, 6.07) is 0. The second kappa shape index (κ2) is 4.52. The number of fused-ring (bicyclic) bond motifs is 1. The van der Waals surface area contributed by atoms with Gasteiger partial charge in [0.25, 0.3) is 5.56 Å². The minimum atomic E-state index is -1.27. The van der Waals surface area contributed by atoms with E-state index in [0.29, 0.717) is 0 Å². The third kappa shape index (κ3) is 1.86. The van der Waals surface area contributed by atoms with E-state index in [1.165, 1.54) is 0 Å². The molecule has 1 fully saturated rings. The molecule has 0 saturated carbocycles. The third-order valence-electron chi connectivity index (χ3n) is 3.21. The molecule has 10 nitrogen and oxygen atoms in total. The van der Waals surface area contributed by atoms with Crippen LogP contribution in [0.15, 0.2) is 4.79 Å². The van der Waals surface area contributed by atoms with Crippen molar-refractivity contribution < 1.29 is 20.1 Å². The molecule has 0 spiro atoms. The van der Waals surface area contributed by atoms with Crippen molar-refractivity contribution in [3.05, 3.63) is 16.2 Å². The molecule has 3 rings (SSSR count). The van der Waals surface area contributed by atoms with Crippen molar-refractivity contribution >= 4 is 17.1 Å². The van der Waals surface area contributed by atoms with Crippen molar-refractivity contribution in [3.8, 4) is 0 Å². The first-order valence-corrected chi connectivity index (χ1v) is 5.89. The molecule has 10 heteroatoms. The fraction of sp³-hybridized carbons (Fsp3) is 0.500. The number of aliphatic hydroxyl groups excluding tert-OH is 3. The first-order chi connectivity index (χ1) is 9.51. The van der Waals surface area contributed by atoms with Crippen LogP contribution in [0.1, 0.15) is 11.9 Å². The van der Waals surface area contributed by atoms with Gasteiger partial charge in [-0.05, 0) is 0 Å². The monoisotopic (exact) mass is 283 g/mol. The maximum absolute atomic E-state index is 11.7. The zero-order valence-electron chi connectivity index (χ0n) is 10.1. The quantitative estimate of drug-likeness (QED) is 0.348. The Morgan fingerprint density at radius 2 is 2.00 bits per heavy atom. The summed E-state index contributed by atoms with van der Waals surface area (Å²) < 4.78 is 5.31. The number of aromatic amines is 2. The molecule has 1 aliphatic heterocycles. The number of nitrogen functional groups attached to an aromatic ring is 1. The van der Waals surface area contributed by atoms with E-state index in [1.807, 2.05) is 0 Å². The summed E-state index contributed by atoms with van der Waals surface area (Å²) in [4.78, 5) is 24.5. The largest absolute Gasteiger partial charge is 0.394 e. The minimum absolute atomic E-state index is 0.0818. The number of imidazole rings is 1. The summed E-state index contributed by atoms with van der Waals surface area (Å²) in [5, 5.41) is 28.6. The van der Waals surface area contributed by atoms with Gasteiger partial charge < -0.3 is 30.8 Å². The van der Waals surface area contributed by atoms with Crippen molar-refractivity contribution in [3.63, 3.8) is 0 Å². The number of aliphatic hydroxyl groups is 3. The second-order valence-electron chi connectivity index (χ2n) is 4.53. The Labute approximate surface area is 111 Å². The van der Waals surface area contributed by atoms with Crippen LogP contribution in [0.5, 0.6) is 0 Å². The molecule has 7 N–H and O–H groups in total. The Morgan fingerprint density at radius 3 is 2.65 bits per heavy atom. The smallest absolute Gasteiger partial charge is 0.278 e. The predicted molar refractivity (Wildman–Crippen MR) is 65.6 cm³/mol. The Hall–Kier alpha value is -2.01. The Morgan fingerprint density at radius 1 is 1.25 bits per heavy atom. The van der Waals surface area contributed by atoms with Crippen LogP contribution in [-0.2, 0) is 4.74 Å². The molecule has 2 aromatic rings. The molecule has 4 atom stereocenters. The lowest BCUT2D eigenvalue weighted by molar-refractivity contribution is -0.0249. The van der Waals surface area contributed by atoms with E-state index in [2.05, 4.69) is 19.9 Å². The molecule has 1 saturated heterocycles. The SMILES string of the molecule is Nc1nc2nc(C3O[C@H](CO)[C@H](O)[C@H]3O)[nH]c2c(=O)[nH]1. The zero-order chi connectivity index (χ0) is 14.4. The van der Waals surface area contributed by atoms with Gasteiger partial charge in [-0.1, -0.05) is 0 Å². The van der Waals surface area contributed by atoms with Gasteiger partial charge in [-0.3, -0.25) is 9.78 Å². The van der Waals surface area contributed by atoms with Crippen LogP contribution in [0.4, 0.5) is 5.95 Å². The number of ether oxygens (including phenoxy) is 1. The number of nitrogens with one attached hydrogen (secondary N) is 2. The predicted octanol–water partition coefficient (Wildman–Crippen LogP) is -2.62. The van der Waals surface area contributed by atoms with Gasteiger partial charge in [0.1, 0.15) is 30.2 Å². The summed E-state index contributed by atoms with van der Waals surface area (Å²) in [7, 11) is 0. The first-order valence-electron chi connectivity index (χ1n) is 5.89. The molecular formula is C10H13N5O5. The number of hydrogen-bond donors (Lipinski definition) is 6. The molecule has 0 aliphatic carbocycles. The number of nitrogens with two attached hydrogens (primary N) is 1. The fourth-order valence-corrected chi connectivity index (χ4v) is 2.20. The summed E-state index contributed by atoms with van der Waals surface area (Å²) >= 11 is 0. The van der Waals surface area contributed by atoms with Crippen molar-refractivity contribution in [2.24, 2.45) is 0 Å². The van der Waals surface area contributed by atoms with Crippen LogP contribution >= 0.6 is 0 Å². The van der Waals surface area contributed by atoms with Crippen LogP contribution < -0.4 is 11.3 Å². The van der Waals surface area contributed by atoms with Crippen molar-refractivity contribution in [2.45, 2.75) is 24.4 Å². The molecule has 0 aromatic carbocycles. The lowest BCUT2D eigenvalue weighted by atomic mass is 10.1. The summed E-state index contributed by atoms with van der Waals surface area (Å²) in [5.74, 6) is 0.0489. The standard InChI is InChI=1S/C10H13N5O5/c11-10-14-7-3(9(19)15-10)12-8(13-7)6-5(18)4(17)2(1-16)20-6/h2,4-6,16-18H,1H2,(H4,11,12,13,14,15,19)/t2-,4+,5-,6?/m1/s1. The van der Waals surface area contributed by atoms with E-state index in [-0.39, 0.29) is 22.9 Å². The maximum atomic E-state index is 11.7. The highest BCUT2D eigenvalue weighted by Crippen LogP contribution is 2.32. The highest BCUT2D eigenvalue weighted by molar-refractivity contribution is 5.70. The van der Waals surface area contributed by atoms with Crippen molar-refractivity contribution in [1.29, 1.82) is 0 Å². The minimum Gasteiger partial charge on any atom is -0.394 e. The average molecular weight is 283 g/mol. The number of rotatable bonds is 2. The van der Waals surface area contributed by atoms with Gasteiger partial charge in [-0.25, -0.2) is 4.98 Å². The normalized spacial score (nSPS) is 30.1. The molecule has 3 heterocycles. The zero-order valence-corrected chi connectivity index (χ0v) is 10.1. The highest BCUT2D eigenvalue weighted by Gasteiger charge is 2.44. The second-order valence-corrected chi connectivity index (χ2v) is 4.53. The van der Waals surface area contributed by atoms with E-state index in [9.17, 15) is 15.0 Å². The average Bonchev–Trinajstić information content (AvgIpc) is 2.93. The molecule has 108 valence electrons. The summed E-state index contributed by atoms with van der Waals surface area (Å²) in [5.41, 5.74) is 5.08. The van der Waals surface area contributed by atoms with Crippen LogP contribution in [0, 0.1) is 0 Å². The molecule has 0 amide bonds. The first kappa shape index (κ1) is 13.0. The topological polar surface area (TPSA) is 170 Å². The Kier molecular flexibility index (Phi) is 2.94. The molecule has 20 heavy (non-hydrogen) atoms. The number of nitrogens with zero attached hydrogens (tertiary/aromatic N) is 2. The molecule has 2 aromatic heterocycles. The maximum Gasteiger partial charge on any atom is 0.278 e. The van der Waals surface area contributed by atoms with Crippen LogP contribution in [0.3, 0.4) is 0 Å². The van der Waals surface area contributed by atoms with Crippen LogP contribution in [-0.4, -0.2) is 60.2 Å². The van der Waals surface area contributed by atoms with Crippen molar-refractivity contribution in [1.82, 2.24) is 19.9 Å². The molecule has 1 unspecified atom stereocenters. The van der Waals surface area contributed by atoms with E-state index in [4.69, 9.17) is 15.6 Å². The van der Waals surface area contributed by atoms with Gasteiger partial charge in [0.15, 0.2) is 11.2 Å². The van der Waals surface area contributed by atoms with Crippen LogP contribution in [0.25, 0.3) is 11.2 Å². The van der Waals surface area contributed by atoms with Gasteiger partial charge in [-0.2, -0.15) is 4.98 Å². The van der Waals surface area contributed by atoms with Crippen LogP contribution in [0.2, 0.25) is 0 Å². The Balaban J connectivity index is 2.03. The summed E-state index contributed by atoms with van der Waals surface area (Å²) in [6.07, 6.45) is -4.42. The van der Waals surface area contributed by atoms with Gasteiger partial charge in [0, 0.05) is 0 Å². The number of H-pyrrole nitrogens is 2. The number of aromatic nitrogens is 4. The molecule has 0 radical (unpaired) electrons. The van der Waals surface area contributed by atoms with Gasteiger partial charge in [0.2, 0.25) is 5.95 Å². The highest BCUT2D eigenvalue weighted by atomic mass is 16.6. The van der Waals surface area contributed by atoms with Gasteiger partial charge in [0.05, 0.1) is 6.61 Å². The lowest BCUT2D eigenvalue weighted by Crippen LogP contribution is -2.32. The van der Waals surface area contributed by atoms with E-state index in [1.54, 1.807) is 0 Å². The van der Waals surface area contributed by atoms with Crippen molar-refractivity contribution in [2.75, 3.05) is 12.3 Å². The fourth-order valence-electron chi connectivity index (χ4n) is 2.20. The molecular weight excluding hydrogens is 270 g/mol. The van der Waals surface area contributed by atoms with E-state index < -0.39 is 36.6 Å². The lowest BCUT2D eigenvalue weighted by Gasteiger charge is -2.11. The number of hydrogen-bond acceptors (Lipinski definition) is 8.